The van der Waals surface area contributed by atoms with Gasteiger partial charge in [-0.1, -0.05) is 39.8 Å². The molecule has 1 aromatic carbocycles. The molecule has 1 aromatic heterocycles. The third kappa shape index (κ3) is 2.74. The first kappa shape index (κ1) is 11.0. The molecule has 1 atom stereocenters. The molecule has 0 saturated heterocycles. The fourth-order valence-corrected chi connectivity index (χ4v) is 2.42. The maximum Gasteiger partial charge on any atom is 0.256 e. The van der Waals surface area contributed by atoms with E-state index in [0.717, 1.165) is 11.1 Å². The van der Waals surface area contributed by atoms with E-state index in [4.69, 9.17) is 4.42 Å². The summed E-state index contributed by atoms with van der Waals surface area (Å²) in [6.45, 7) is 0. The van der Waals surface area contributed by atoms with Gasteiger partial charge in [0.25, 0.3) is 5.22 Å². The van der Waals surface area contributed by atoms with Crippen molar-refractivity contribution in [3.05, 3.63) is 24.3 Å². The molecule has 0 aliphatic rings. The molecular weight excluding hydrogens is 278 g/mol. The Kier molecular flexibility index (Phi) is 3.66. The van der Waals surface area contributed by atoms with Crippen LogP contribution >= 0.6 is 27.7 Å². The lowest BCUT2D eigenvalue weighted by molar-refractivity contribution is 0.226. The van der Waals surface area contributed by atoms with Crippen molar-refractivity contribution >= 4 is 38.8 Å². The second-order valence-corrected chi connectivity index (χ2v) is 4.69. The van der Waals surface area contributed by atoms with Gasteiger partial charge in [0.1, 0.15) is 5.52 Å². The number of aromatic nitrogens is 1. The fourth-order valence-electron chi connectivity index (χ4n) is 1.12. The number of aliphatic hydroxyl groups is 1. The predicted octanol–water partition coefficient (Wildman–Crippen LogP) is 2.68. The highest BCUT2D eigenvalue weighted by molar-refractivity contribution is 9.09. The number of halogens is 1. The zero-order valence-corrected chi connectivity index (χ0v) is 10.3. The van der Waals surface area contributed by atoms with Crippen molar-refractivity contribution in [1.29, 1.82) is 0 Å². The van der Waals surface area contributed by atoms with Crippen LogP contribution in [-0.4, -0.2) is 27.3 Å². The molecule has 2 rings (SSSR count). The molecule has 80 valence electrons. The fraction of sp³-hybridized carbons (Fsp3) is 0.300. The van der Waals surface area contributed by atoms with Crippen molar-refractivity contribution in [2.24, 2.45) is 0 Å². The van der Waals surface area contributed by atoms with E-state index in [1.807, 2.05) is 24.3 Å². The average Bonchev–Trinajstić information content (AvgIpc) is 2.68. The first-order valence-electron chi connectivity index (χ1n) is 4.52. The zero-order valence-electron chi connectivity index (χ0n) is 7.89. The van der Waals surface area contributed by atoms with Crippen LogP contribution in [0, 0.1) is 0 Å². The highest BCUT2D eigenvalue weighted by Gasteiger charge is 2.08. The first-order chi connectivity index (χ1) is 7.29. The van der Waals surface area contributed by atoms with Gasteiger partial charge in [-0.2, -0.15) is 0 Å². The van der Waals surface area contributed by atoms with Crippen LogP contribution in [0.4, 0.5) is 0 Å². The second-order valence-electron chi connectivity index (χ2n) is 3.07. The molecule has 0 radical (unpaired) electrons. The lowest BCUT2D eigenvalue weighted by atomic mass is 10.3. The number of aliphatic hydroxyl groups excluding tert-OH is 1. The number of benzene rings is 1. The van der Waals surface area contributed by atoms with Crippen molar-refractivity contribution in [1.82, 2.24) is 4.98 Å². The van der Waals surface area contributed by atoms with E-state index < -0.39 is 0 Å². The standard InChI is InChI=1S/C10H10BrNO2S/c11-5-7(13)6-15-10-12-8-3-1-2-4-9(8)14-10/h1-4,7,13H,5-6H2. The third-order valence-corrected chi connectivity index (χ3v) is 3.57. The number of para-hydroxylation sites is 2. The molecule has 0 aliphatic carbocycles. The Labute approximate surface area is 100 Å². The molecule has 0 spiro atoms. The van der Waals surface area contributed by atoms with Gasteiger partial charge in [0.05, 0.1) is 6.10 Å². The summed E-state index contributed by atoms with van der Waals surface area (Å²) in [5.41, 5.74) is 1.64. The van der Waals surface area contributed by atoms with E-state index in [0.29, 0.717) is 16.3 Å². The predicted molar refractivity (Wildman–Crippen MR) is 64.5 cm³/mol. The van der Waals surface area contributed by atoms with Crippen LogP contribution in [0.1, 0.15) is 0 Å². The maximum atomic E-state index is 9.36. The van der Waals surface area contributed by atoms with Crippen LogP contribution in [0.15, 0.2) is 33.9 Å². The van der Waals surface area contributed by atoms with Gasteiger partial charge in [-0.3, -0.25) is 0 Å². The van der Waals surface area contributed by atoms with Crippen molar-refractivity contribution in [2.75, 3.05) is 11.1 Å². The number of oxazole rings is 1. The number of thioether (sulfide) groups is 1. The molecule has 0 saturated carbocycles. The number of hydrogen-bond acceptors (Lipinski definition) is 4. The molecule has 0 amide bonds. The minimum Gasteiger partial charge on any atom is -0.431 e. The molecule has 2 aromatic rings. The molecular formula is C10H10BrNO2S. The van der Waals surface area contributed by atoms with Gasteiger partial charge in [0.15, 0.2) is 5.58 Å². The summed E-state index contributed by atoms with van der Waals surface area (Å²) in [6.07, 6.45) is -0.370. The topological polar surface area (TPSA) is 46.3 Å². The summed E-state index contributed by atoms with van der Waals surface area (Å²) >= 11 is 4.63. The Hall–Kier alpha value is -0.520. The summed E-state index contributed by atoms with van der Waals surface area (Å²) in [5, 5.41) is 10.5. The smallest absolute Gasteiger partial charge is 0.256 e. The summed E-state index contributed by atoms with van der Waals surface area (Å²) < 4.78 is 5.49. The monoisotopic (exact) mass is 287 g/mol. The zero-order chi connectivity index (χ0) is 10.7. The molecule has 15 heavy (non-hydrogen) atoms. The first-order valence-corrected chi connectivity index (χ1v) is 6.62. The van der Waals surface area contributed by atoms with Gasteiger partial charge >= 0.3 is 0 Å². The second kappa shape index (κ2) is 5.01. The van der Waals surface area contributed by atoms with Gasteiger partial charge < -0.3 is 9.52 Å². The minimum absolute atomic E-state index is 0.370. The van der Waals surface area contributed by atoms with E-state index >= 15 is 0 Å². The van der Waals surface area contributed by atoms with Gasteiger partial charge in [-0.15, -0.1) is 0 Å². The normalized spacial score (nSPS) is 13.2. The van der Waals surface area contributed by atoms with Crippen LogP contribution in [0.5, 0.6) is 0 Å². The Morgan fingerprint density at radius 1 is 1.47 bits per heavy atom. The Morgan fingerprint density at radius 3 is 3.00 bits per heavy atom. The van der Waals surface area contributed by atoms with Crippen LogP contribution < -0.4 is 0 Å². The summed E-state index contributed by atoms with van der Waals surface area (Å²) in [6, 6.07) is 7.62. The maximum absolute atomic E-state index is 9.36. The molecule has 1 unspecified atom stereocenters. The highest BCUT2D eigenvalue weighted by Crippen LogP contribution is 2.23. The van der Waals surface area contributed by atoms with Crippen molar-refractivity contribution < 1.29 is 9.52 Å². The lowest BCUT2D eigenvalue weighted by Crippen LogP contribution is -2.10. The quantitative estimate of drug-likeness (QED) is 0.694. The van der Waals surface area contributed by atoms with Crippen LogP contribution in [0.25, 0.3) is 11.1 Å². The number of alkyl halides is 1. The largest absolute Gasteiger partial charge is 0.431 e. The SMILES string of the molecule is OC(CBr)CSc1nc2ccccc2o1. The number of hydrogen-bond donors (Lipinski definition) is 1. The molecule has 1 heterocycles. The van der Waals surface area contributed by atoms with E-state index in [1.165, 1.54) is 11.8 Å². The number of nitrogens with zero attached hydrogens (tertiary/aromatic N) is 1. The van der Waals surface area contributed by atoms with E-state index in [9.17, 15) is 5.11 Å². The summed E-state index contributed by atoms with van der Waals surface area (Å²) in [5.74, 6) is 0.581. The minimum atomic E-state index is -0.370. The van der Waals surface area contributed by atoms with Crippen LogP contribution in [0.3, 0.4) is 0 Å². The molecule has 0 aliphatic heterocycles. The van der Waals surface area contributed by atoms with Gasteiger partial charge in [0.2, 0.25) is 0 Å². The van der Waals surface area contributed by atoms with Gasteiger partial charge in [-0.25, -0.2) is 4.98 Å². The molecule has 0 fully saturated rings. The number of fused-ring (bicyclic) bond motifs is 1. The number of rotatable bonds is 4. The van der Waals surface area contributed by atoms with E-state index in [2.05, 4.69) is 20.9 Å². The Bertz CT molecular complexity index is 413. The van der Waals surface area contributed by atoms with Crippen molar-refractivity contribution in [3.63, 3.8) is 0 Å². The molecule has 3 nitrogen and oxygen atoms in total. The van der Waals surface area contributed by atoms with Gasteiger partial charge in [-0.05, 0) is 12.1 Å². The molecule has 0 bridgehead atoms. The van der Waals surface area contributed by atoms with E-state index in [-0.39, 0.29) is 6.10 Å². The summed E-state index contributed by atoms with van der Waals surface area (Å²) in [4.78, 5) is 4.29. The average molecular weight is 288 g/mol. The molecule has 1 N–H and O–H groups in total. The Morgan fingerprint density at radius 2 is 2.27 bits per heavy atom. The van der Waals surface area contributed by atoms with Crippen molar-refractivity contribution in [3.8, 4) is 0 Å². The lowest BCUT2D eigenvalue weighted by Gasteiger charge is -2.02. The van der Waals surface area contributed by atoms with E-state index in [1.54, 1.807) is 0 Å². The van der Waals surface area contributed by atoms with Crippen LogP contribution in [0.2, 0.25) is 0 Å². The Balaban J connectivity index is 2.09. The third-order valence-electron chi connectivity index (χ3n) is 1.85. The summed E-state index contributed by atoms with van der Waals surface area (Å²) in [7, 11) is 0. The van der Waals surface area contributed by atoms with Crippen LogP contribution in [-0.2, 0) is 0 Å². The van der Waals surface area contributed by atoms with Gasteiger partial charge in [0, 0.05) is 11.1 Å². The van der Waals surface area contributed by atoms with Crippen molar-refractivity contribution in [2.45, 2.75) is 11.3 Å². The highest BCUT2D eigenvalue weighted by atomic mass is 79.9. The molecule has 5 heteroatoms.